The number of pyridine rings is 1. The van der Waals surface area contributed by atoms with Crippen molar-refractivity contribution in [3.63, 3.8) is 0 Å². The third-order valence-corrected chi connectivity index (χ3v) is 2.98. The van der Waals surface area contributed by atoms with Crippen molar-refractivity contribution >= 4 is 17.3 Å². The van der Waals surface area contributed by atoms with Crippen LogP contribution in [0.2, 0.25) is 0 Å². The molecule has 2 rings (SSSR count). The van der Waals surface area contributed by atoms with Crippen LogP contribution in [0.15, 0.2) is 24.9 Å². The molecule has 0 bridgehead atoms. The van der Waals surface area contributed by atoms with E-state index in [1.807, 2.05) is 32.9 Å². The minimum Gasteiger partial charge on any atom is -0.357 e. The molecule has 0 aliphatic carbocycles. The molecule has 1 aliphatic heterocycles. The van der Waals surface area contributed by atoms with E-state index in [0.29, 0.717) is 5.82 Å². The number of nitrogens with zero attached hydrogens (tertiary/aromatic N) is 2. The molecule has 0 fully saturated rings. The van der Waals surface area contributed by atoms with Gasteiger partial charge in [0.1, 0.15) is 5.82 Å². The van der Waals surface area contributed by atoms with Crippen LogP contribution in [0.3, 0.4) is 0 Å². The summed E-state index contributed by atoms with van der Waals surface area (Å²) in [6.07, 6.45) is 1.22. The Kier molecular flexibility index (Phi) is 2.99. The van der Waals surface area contributed by atoms with Crippen LogP contribution in [-0.2, 0) is 9.53 Å². The number of methoxy groups -OCH3 is 1. The highest BCUT2D eigenvalue weighted by Crippen LogP contribution is 2.40. The Morgan fingerprint density at radius 1 is 1.50 bits per heavy atom. The Morgan fingerprint density at radius 2 is 2.17 bits per heavy atom. The number of hydrogen-bond donors (Lipinski definition) is 0. The van der Waals surface area contributed by atoms with Crippen LogP contribution in [-0.4, -0.2) is 24.2 Å². The molecule has 1 aliphatic rings. The normalized spacial score (nSPS) is 19.0. The highest BCUT2D eigenvalue weighted by Gasteiger charge is 2.41. The maximum atomic E-state index is 12.5. The predicted octanol–water partition coefficient (Wildman–Crippen LogP) is 2.46. The lowest BCUT2D eigenvalue weighted by molar-refractivity contribution is -0.127. The number of amides is 1. The summed E-state index contributed by atoms with van der Waals surface area (Å²) in [5.74, 6) is 0.613. The van der Waals surface area contributed by atoms with Gasteiger partial charge in [-0.3, -0.25) is 9.69 Å². The molecule has 0 saturated heterocycles. The number of aromatic nitrogens is 1. The van der Waals surface area contributed by atoms with E-state index in [2.05, 4.69) is 11.6 Å². The molecule has 0 radical (unpaired) electrons. The first-order valence-corrected chi connectivity index (χ1v) is 5.88. The summed E-state index contributed by atoms with van der Waals surface area (Å²) in [7, 11) is 1.57. The van der Waals surface area contributed by atoms with E-state index in [9.17, 15) is 4.79 Å². The molecule has 0 aromatic carbocycles. The van der Waals surface area contributed by atoms with Gasteiger partial charge in [0.25, 0.3) is 0 Å². The second-order valence-corrected chi connectivity index (χ2v) is 5.41. The van der Waals surface area contributed by atoms with Crippen molar-refractivity contribution in [2.45, 2.75) is 27.0 Å². The molecule has 1 aromatic heterocycles. The van der Waals surface area contributed by atoms with Gasteiger partial charge in [-0.15, -0.1) is 0 Å². The van der Waals surface area contributed by atoms with E-state index >= 15 is 0 Å². The molecule has 1 aromatic rings. The highest BCUT2D eigenvalue weighted by atomic mass is 16.5. The fraction of sp³-hybridized carbons (Fsp3) is 0.429. The quantitative estimate of drug-likeness (QED) is 0.764. The van der Waals surface area contributed by atoms with E-state index in [1.165, 1.54) is 0 Å². The number of carbonyl (C=O) groups excluding carboxylic acids is 1. The van der Waals surface area contributed by atoms with E-state index in [0.717, 1.165) is 11.1 Å². The molecule has 0 N–H and O–H groups in total. The Balaban J connectivity index is 2.52. The standard InChI is InChI=1S/C14H18N2O2/c1-9-10-7-6-8-15-11(10)16(12(9)18-5)13(17)14(2,3)4/h6-8,12H,1H2,2-5H3. The van der Waals surface area contributed by atoms with Gasteiger partial charge in [0.2, 0.25) is 5.91 Å². The van der Waals surface area contributed by atoms with E-state index in [-0.39, 0.29) is 5.91 Å². The van der Waals surface area contributed by atoms with Gasteiger partial charge in [-0.2, -0.15) is 0 Å². The molecule has 2 heterocycles. The number of anilines is 1. The fourth-order valence-corrected chi connectivity index (χ4v) is 2.05. The van der Waals surface area contributed by atoms with Crippen molar-refractivity contribution < 1.29 is 9.53 Å². The van der Waals surface area contributed by atoms with Crippen molar-refractivity contribution in [1.82, 2.24) is 4.98 Å². The second kappa shape index (κ2) is 4.21. The number of hydrogen-bond acceptors (Lipinski definition) is 3. The number of ether oxygens (including phenoxy) is 1. The summed E-state index contributed by atoms with van der Waals surface area (Å²) in [5, 5.41) is 0. The van der Waals surface area contributed by atoms with Crippen molar-refractivity contribution in [2.24, 2.45) is 5.41 Å². The minimum absolute atomic E-state index is 0.0204. The number of fused-ring (bicyclic) bond motifs is 1. The van der Waals surface area contributed by atoms with Crippen LogP contribution >= 0.6 is 0 Å². The second-order valence-electron chi connectivity index (χ2n) is 5.41. The Bertz CT molecular complexity index is 503. The predicted molar refractivity (Wildman–Crippen MR) is 71.0 cm³/mol. The van der Waals surface area contributed by atoms with Gasteiger partial charge < -0.3 is 4.74 Å². The third kappa shape index (κ3) is 1.82. The topological polar surface area (TPSA) is 42.4 Å². The zero-order valence-corrected chi connectivity index (χ0v) is 11.2. The van der Waals surface area contributed by atoms with Crippen molar-refractivity contribution in [1.29, 1.82) is 0 Å². The first-order chi connectivity index (χ1) is 8.38. The SMILES string of the molecule is C=C1c2cccnc2N(C(=O)C(C)(C)C)C1OC. The molecule has 1 unspecified atom stereocenters. The maximum absolute atomic E-state index is 12.5. The molecule has 96 valence electrons. The Morgan fingerprint density at radius 3 is 2.72 bits per heavy atom. The highest BCUT2D eigenvalue weighted by molar-refractivity contribution is 6.04. The molecule has 0 spiro atoms. The smallest absolute Gasteiger partial charge is 0.235 e. The molecular weight excluding hydrogens is 228 g/mol. The molecule has 1 atom stereocenters. The molecule has 18 heavy (non-hydrogen) atoms. The largest absolute Gasteiger partial charge is 0.357 e. The lowest BCUT2D eigenvalue weighted by Crippen LogP contribution is -2.44. The summed E-state index contributed by atoms with van der Waals surface area (Å²) >= 11 is 0. The van der Waals surface area contributed by atoms with Crippen LogP contribution in [0.4, 0.5) is 5.82 Å². The summed E-state index contributed by atoms with van der Waals surface area (Å²) in [6.45, 7) is 9.65. The number of carbonyl (C=O) groups is 1. The van der Waals surface area contributed by atoms with Crippen molar-refractivity contribution in [3.8, 4) is 0 Å². The van der Waals surface area contributed by atoms with Crippen LogP contribution in [0.5, 0.6) is 0 Å². The van der Waals surface area contributed by atoms with Crippen LogP contribution in [0.25, 0.3) is 5.57 Å². The van der Waals surface area contributed by atoms with Gasteiger partial charge in [-0.05, 0) is 12.1 Å². The van der Waals surface area contributed by atoms with Crippen LogP contribution in [0, 0.1) is 5.41 Å². The third-order valence-electron chi connectivity index (χ3n) is 2.98. The number of rotatable bonds is 1. The molecule has 1 amide bonds. The Labute approximate surface area is 107 Å². The van der Waals surface area contributed by atoms with E-state index < -0.39 is 11.6 Å². The van der Waals surface area contributed by atoms with Gasteiger partial charge in [0.15, 0.2) is 6.23 Å². The molecule has 0 saturated carbocycles. The van der Waals surface area contributed by atoms with Crippen LogP contribution < -0.4 is 4.90 Å². The summed E-state index contributed by atoms with van der Waals surface area (Å²) in [5.41, 5.74) is 1.16. The first-order valence-electron chi connectivity index (χ1n) is 5.88. The summed E-state index contributed by atoms with van der Waals surface area (Å²) in [6, 6.07) is 3.74. The molecular formula is C14H18N2O2. The fourth-order valence-electron chi connectivity index (χ4n) is 2.05. The molecule has 4 heteroatoms. The summed E-state index contributed by atoms with van der Waals surface area (Å²) in [4.78, 5) is 18.4. The van der Waals surface area contributed by atoms with E-state index in [4.69, 9.17) is 4.74 Å². The Hall–Kier alpha value is -1.68. The molecule has 4 nitrogen and oxygen atoms in total. The summed E-state index contributed by atoms with van der Waals surface area (Å²) < 4.78 is 5.40. The van der Waals surface area contributed by atoms with Gasteiger partial charge in [-0.25, -0.2) is 4.98 Å². The average Bonchev–Trinajstić information content (AvgIpc) is 2.60. The zero-order chi connectivity index (χ0) is 13.5. The van der Waals surface area contributed by atoms with Crippen LogP contribution in [0.1, 0.15) is 26.3 Å². The van der Waals surface area contributed by atoms with Gasteiger partial charge in [-0.1, -0.05) is 27.4 Å². The van der Waals surface area contributed by atoms with Gasteiger partial charge >= 0.3 is 0 Å². The first kappa shape index (κ1) is 12.8. The zero-order valence-electron chi connectivity index (χ0n) is 11.2. The lowest BCUT2D eigenvalue weighted by atomic mass is 9.95. The van der Waals surface area contributed by atoms with Crippen molar-refractivity contribution in [3.05, 3.63) is 30.5 Å². The van der Waals surface area contributed by atoms with Gasteiger partial charge in [0.05, 0.1) is 0 Å². The van der Waals surface area contributed by atoms with E-state index in [1.54, 1.807) is 18.2 Å². The lowest BCUT2D eigenvalue weighted by Gasteiger charge is -2.29. The monoisotopic (exact) mass is 246 g/mol. The average molecular weight is 246 g/mol. The van der Waals surface area contributed by atoms with Crippen molar-refractivity contribution in [2.75, 3.05) is 12.0 Å². The maximum Gasteiger partial charge on any atom is 0.235 e. The van der Waals surface area contributed by atoms with Gasteiger partial charge in [0, 0.05) is 29.9 Å². The minimum atomic E-state index is -0.490.